The standard InChI is InChI=1S/C25H27NO2S/c27-22(17-9-12-19-10-7-8-11-19)18-29-25-26-23(20-13-3-1-4-14-20)24(28-25)21-15-5-2-6-16-21/h1-6,13-16,19H,7-12,17-18H2. The molecule has 0 saturated heterocycles. The molecule has 4 heteroatoms. The van der Waals surface area contributed by atoms with Crippen molar-refractivity contribution in [2.45, 2.75) is 50.2 Å². The van der Waals surface area contributed by atoms with Crippen LogP contribution >= 0.6 is 11.8 Å². The number of hydrogen-bond donors (Lipinski definition) is 0. The molecule has 0 amide bonds. The molecular weight excluding hydrogens is 378 g/mol. The van der Waals surface area contributed by atoms with Crippen LogP contribution in [-0.2, 0) is 4.79 Å². The number of rotatable bonds is 9. The lowest BCUT2D eigenvalue weighted by Gasteiger charge is -2.07. The third-order valence-electron chi connectivity index (χ3n) is 5.59. The Hall–Kier alpha value is -2.33. The van der Waals surface area contributed by atoms with Gasteiger partial charge in [-0.3, -0.25) is 4.79 Å². The maximum Gasteiger partial charge on any atom is 0.257 e. The maximum atomic E-state index is 12.3. The van der Waals surface area contributed by atoms with Crippen LogP contribution in [0.5, 0.6) is 0 Å². The van der Waals surface area contributed by atoms with Crippen molar-refractivity contribution in [1.29, 1.82) is 0 Å². The van der Waals surface area contributed by atoms with Crippen molar-refractivity contribution in [3.63, 3.8) is 0 Å². The second-order valence-electron chi connectivity index (χ2n) is 7.76. The van der Waals surface area contributed by atoms with Crippen LogP contribution < -0.4 is 0 Å². The van der Waals surface area contributed by atoms with Gasteiger partial charge in [0.05, 0.1) is 5.75 Å². The highest BCUT2D eigenvalue weighted by molar-refractivity contribution is 7.99. The number of hydrogen-bond acceptors (Lipinski definition) is 4. The number of nitrogens with zero attached hydrogens (tertiary/aromatic N) is 1. The lowest BCUT2D eigenvalue weighted by Crippen LogP contribution is -2.03. The van der Waals surface area contributed by atoms with Crippen LogP contribution in [0, 0.1) is 5.92 Å². The average Bonchev–Trinajstić information content (AvgIpc) is 3.44. The molecule has 0 radical (unpaired) electrons. The summed E-state index contributed by atoms with van der Waals surface area (Å²) in [6.07, 6.45) is 8.32. The number of ketones is 1. The molecule has 1 aliphatic rings. The quantitative estimate of drug-likeness (QED) is 0.358. The Morgan fingerprint density at radius 1 is 0.966 bits per heavy atom. The Morgan fingerprint density at radius 3 is 2.31 bits per heavy atom. The monoisotopic (exact) mass is 405 g/mol. The maximum absolute atomic E-state index is 12.3. The Kier molecular flexibility index (Phi) is 6.83. The van der Waals surface area contributed by atoms with E-state index in [1.54, 1.807) is 0 Å². The molecular formula is C25H27NO2S. The van der Waals surface area contributed by atoms with Gasteiger partial charge in [-0.2, -0.15) is 0 Å². The summed E-state index contributed by atoms with van der Waals surface area (Å²) >= 11 is 1.41. The SMILES string of the molecule is O=C(CCCC1CCCC1)CSc1nc(-c2ccccc2)c(-c2ccccc2)o1. The first-order valence-electron chi connectivity index (χ1n) is 10.6. The van der Waals surface area contributed by atoms with Gasteiger partial charge in [0.15, 0.2) is 5.76 Å². The predicted octanol–water partition coefficient (Wildman–Crippen LogP) is 7.03. The Bertz CT molecular complexity index is 858. The Labute approximate surface area is 176 Å². The third kappa shape index (κ3) is 5.39. The van der Waals surface area contributed by atoms with Gasteiger partial charge in [0.1, 0.15) is 11.5 Å². The number of carbonyl (C=O) groups is 1. The molecule has 0 N–H and O–H groups in total. The predicted molar refractivity (Wildman–Crippen MR) is 119 cm³/mol. The van der Waals surface area contributed by atoms with E-state index >= 15 is 0 Å². The molecule has 2 aromatic carbocycles. The molecule has 0 unspecified atom stereocenters. The molecule has 3 nitrogen and oxygen atoms in total. The van der Waals surface area contributed by atoms with Crippen LogP contribution in [0.1, 0.15) is 44.9 Å². The first kappa shape index (κ1) is 20.0. The van der Waals surface area contributed by atoms with Gasteiger partial charge in [-0.1, -0.05) is 105 Å². The first-order valence-corrected chi connectivity index (χ1v) is 11.5. The van der Waals surface area contributed by atoms with E-state index in [4.69, 9.17) is 9.40 Å². The van der Waals surface area contributed by atoms with Crippen molar-refractivity contribution >= 4 is 17.5 Å². The second-order valence-corrected chi connectivity index (χ2v) is 8.69. The zero-order chi connectivity index (χ0) is 19.9. The minimum Gasteiger partial charge on any atom is -0.431 e. The Morgan fingerprint density at radius 2 is 1.62 bits per heavy atom. The van der Waals surface area contributed by atoms with E-state index in [0.29, 0.717) is 17.4 Å². The Balaban J connectivity index is 1.41. The van der Waals surface area contributed by atoms with Crippen molar-refractivity contribution in [2.75, 3.05) is 5.75 Å². The van der Waals surface area contributed by atoms with E-state index < -0.39 is 0 Å². The van der Waals surface area contributed by atoms with E-state index in [2.05, 4.69) is 0 Å². The summed E-state index contributed by atoms with van der Waals surface area (Å²) in [6, 6.07) is 20.1. The summed E-state index contributed by atoms with van der Waals surface area (Å²) in [5, 5.41) is 0.562. The number of carbonyl (C=O) groups excluding carboxylic acids is 1. The van der Waals surface area contributed by atoms with Crippen LogP contribution in [0.3, 0.4) is 0 Å². The molecule has 0 spiro atoms. The van der Waals surface area contributed by atoms with E-state index in [0.717, 1.165) is 34.9 Å². The zero-order valence-corrected chi connectivity index (χ0v) is 17.5. The number of oxazole rings is 1. The van der Waals surface area contributed by atoms with Crippen LogP contribution in [0.25, 0.3) is 22.6 Å². The highest BCUT2D eigenvalue weighted by Crippen LogP contribution is 2.35. The minimum atomic E-state index is 0.286. The van der Waals surface area contributed by atoms with E-state index in [-0.39, 0.29) is 5.78 Å². The summed E-state index contributed by atoms with van der Waals surface area (Å²) in [5.74, 6) is 2.32. The van der Waals surface area contributed by atoms with Gasteiger partial charge < -0.3 is 4.42 Å². The number of aromatic nitrogens is 1. The highest BCUT2D eigenvalue weighted by atomic mass is 32.2. The molecule has 29 heavy (non-hydrogen) atoms. The molecule has 1 heterocycles. The molecule has 1 fully saturated rings. The number of thioether (sulfide) groups is 1. The van der Waals surface area contributed by atoms with Crippen LogP contribution in [0.15, 0.2) is 70.3 Å². The van der Waals surface area contributed by atoms with Crippen molar-refractivity contribution in [1.82, 2.24) is 4.98 Å². The van der Waals surface area contributed by atoms with Crippen molar-refractivity contribution in [3.8, 4) is 22.6 Å². The van der Waals surface area contributed by atoms with Crippen molar-refractivity contribution in [3.05, 3.63) is 60.7 Å². The molecule has 3 aromatic rings. The number of Topliss-reactive ketones (excluding diaryl/α,β-unsaturated/α-hetero) is 1. The topological polar surface area (TPSA) is 43.1 Å². The summed E-state index contributed by atoms with van der Waals surface area (Å²) < 4.78 is 6.09. The van der Waals surface area contributed by atoms with Crippen LogP contribution in [0.2, 0.25) is 0 Å². The van der Waals surface area contributed by atoms with Gasteiger partial charge in [0, 0.05) is 17.5 Å². The summed E-state index contributed by atoms with van der Waals surface area (Å²) in [7, 11) is 0. The summed E-state index contributed by atoms with van der Waals surface area (Å²) in [5.41, 5.74) is 2.84. The van der Waals surface area contributed by atoms with Crippen LogP contribution in [0.4, 0.5) is 0 Å². The van der Waals surface area contributed by atoms with Gasteiger partial charge in [0.2, 0.25) is 0 Å². The van der Waals surface area contributed by atoms with Gasteiger partial charge >= 0.3 is 0 Å². The van der Waals surface area contributed by atoms with Gasteiger partial charge in [-0.25, -0.2) is 4.98 Å². The van der Waals surface area contributed by atoms with Crippen molar-refractivity contribution < 1.29 is 9.21 Å². The van der Waals surface area contributed by atoms with Crippen LogP contribution in [-0.4, -0.2) is 16.5 Å². The van der Waals surface area contributed by atoms with Gasteiger partial charge in [0.25, 0.3) is 5.22 Å². The molecule has 1 saturated carbocycles. The molecule has 4 rings (SSSR count). The molecule has 150 valence electrons. The molecule has 1 aliphatic carbocycles. The third-order valence-corrected chi connectivity index (χ3v) is 6.48. The largest absolute Gasteiger partial charge is 0.431 e. The minimum absolute atomic E-state index is 0.286. The second kappa shape index (κ2) is 9.93. The van der Waals surface area contributed by atoms with E-state index in [1.807, 2.05) is 60.7 Å². The molecule has 0 aliphatic heterocycles. The summed E-state index contributed by atoms with van der Waals surface area (Å²) in [6.45, 7) is 0. The number of benzene rings is 2. The fraction of sp³-hybridized carbons (Fsp3) is 0.360. The normalized spacial score (nSPS) is 14.3. The van der Waals surface area contributed by atoms with Crippen molar-refractivity contribution in [2.24, 2.45) is 5.92 Å². The smallest absolute Gasteiger partial charge is 0.257 e. The fourth-order valence-electron chi connectivity index (χ4n) is 4.04. The lowest BCUT2D eigenvalue weighted by molar-refractivity contribution is -0.116. The zero-order valence-electron chi connectivity index (χ0n) is 16.7. The average molecular weight is 406 g/mol. The first-order chi connectivity index (χ1) is 14.3. The van der Waals surface area contributed by atoms with E-state index in [1.165, 1.54) is 43.9 Å². The molecule has 0 atom stereocenters. The van der Waals surface area contributed by atoms with Gasteiger partial charge in [-0.15, -0.1) is 0 Å². The lowest BCUT2D eigenvalue weighted by atomic mass is 10.00. The fourth-order valence-corrected chi connectivity index (χ4v) is 4.77. The highest BCUT2D eigenvalue weighted by Gasteiger charge is 2.18. The molecule has 1 aromatic heterocycles. The molecule has 0 bridgehead atoms. The summed E-state index contributed by atoms with van der Waals surface area (Å²) in [4.78, 5) is 17.0. The van der Waals surface area contributed by atoms with E-state index in [9.17, 15) is 4.79 Å². The van der Waals surface area contributed by atoms with Gasteiger partial charge in [-0.05, 0) is 12.3 Å².